The minimum Gasteiger partial charge on any atom is -0.453 e. The first-order valence-electron chi connectivity index (χ1n) is 8.72. The average Bonchev–Trinajstić information content (AvgIpc) is 2.69. The van der Waals surface area contributed by atoms with Crippen molar-refractivity contribution in [1.29, 1.82) is 0 Å². The third kappa shape index (κ3) is 4.33. The molecule has 1 heterocycles. The first-order chi connectivity index (χ1) is 12.7. The van der Waals surface area contributed by atoms with Gasteiger partial charge in [0.15, 0.2) is 0 Å². The molecule has 1 fully saturated rings. The molecule has 0 radical (unpaired) electrons. The normalized spacial score (nSPS) is 14.6. The van der Waals surface area contributed by atoms with E-state index in [2.05, 4.69) is 10.6 Å². The smallest absolute Gasteiger partial charge is 0.409 e. The SMILES string of the molecule is COC(=O)N1CCC(NC(=O)c2ccccc2Nc2ccccc2)CC1. The second-order valence-electron chi connectivity index (χ2n) is 6.24. The standard InChI is InChI=1S/C20H23N3O3/c1-26-20(25)23-13-11-16(12-14-23)22-19(24)17-9-5-6-10-18(17)21-15-7-3-2-4-8-15/h2-10,16,21H,11-14H2,1H3,(H,22,24). The fraction of sp³-hybridized carbons (Fsp3) is 0.300. The van der Waals surface area contributed by atoms with Gasteiger partial charge in [-0.15, -0.1) is 0 Å². The number of rotatable bonds is 4. The summed E-state index contributed by atoms with van der Waals surface area (Å²) < 4.78 is 4.74. The van der Waals surface area contributed by atoms with Crippen molar-refractivity contribution in [2.75, 3.05) is 25.5 Å². The van der Waals surface area contributed by atoms with Gasteiger partial charge in [0.25, 0.3) is 5.91 Å². The van der Waals surface area contributed by atoms with Crippen molar-refractivity contribution >= 4 is 23.4 Å². The molecule has 0 saturated carbocycles. The van der Waals surface area contributed by atoms with Crippen LogP contribution in [0.4, 0.5) is 16.2 Å². The van der Waals surface area contributed by atoms with E-state index in [1.165, 1.54) is 7.11 Å². The summed E-state index contributed by atoms with van der Waals surface area (Å²) in [5.41, 5.74) is 2.30. The lowest BCUT2D eigenvalue weighted by atomic mass is 10.0. The minimum absolute atomic E-state index is 0.0492. The molecule has 26 heavy (non-hydrogen) atoms. The lowest BCUT2D eigenvalue weighted by Crippen LogP contribution is -2.46. The van der Waals surface area contributed by atoms with Crippen molar-refractivity contribution in [2.24, 2.45) is 0 Å². The maximum Gasteiger partial charge on any atom is 0.409 e. The highest BCUT2D eigenvalue weighted by molar-refractivity contribution is 6.00. The van der Waals surface area contributed by atoms with E-state index in [4.69, 9.17) is 4.74 Å². The fourth-order valence-electron chi connectivity index (χ4n) is 3.07. The average molecular weight is 353 g/mol. The Morgan fingerprint density at radius 1 is 1.00 bits per heavy atom. The van der Waals surface area contributed by atoms with Gasteiger partial charge in [0.1, 0.15) is 0 Å². The first-order valence-corrected chi connectivity index (χ1v) is 8.72. The third-order valence-corrected chi connectivity index (χ3v) is 4.49. The Morgan fingerprint density at radius 3 is 2.35 bits per heavy atom. The summed E-state index contributed by atoms with van der Waals surface area (Å²) in [6.07, 6.45) is 1.12. The number of nitrogens with one attached hydrogen (secondary N) is 2. The zero-order valence-corrected chi connectivity index (χ0v) is 14.8. The second-order valence-corrected chi connectivity index (χ2v) is 6.24. The zero-order chi connectivity index (χ0) is 18.4. The molecule has 0 spiro atoms. The molecule has 1 saturated heterocycles. The summed E-state index contributed by atoms with van der Waals surface area (Å²) in [5.74, 6) is -0.111. The Labute approximate surface area is 153 Å². The van der Waals surface area contributed by atoms with Crippen LogP contribution in [0, 0.1) is 0 Å². The number of carbonyl (C=O) groups excluding carboxylic acids is 2. The molecule has 2 aromatic rings. The number of methoxy groups -OCH3 is 1. The summed E-state index contributed by atoms with van der Waals surface area (Å²) in [4.78, 5) is 25.9. The van der Waals surface area contributed by atoms with Crippen LogP contribution in [0.15, 0.2) is 54.6 Å². The molecule has 1 aliphatic rings. The van der Waals surface area contributed by atoms with E-state index >= 15 is 0 Å². The van der Waals surface area contributed by atoms with Crippen molar-refractivity contribution in [3.63, 3.8) is 0 Å². The summed E-state index contributed by atoms with van der Waals surface area (Å²) in [7, 11) is 1.38. The molecule has 2 amide bonds. The molecular weight excluding hydrogens is 330 g/mol. The number of nitrogens with zero attached hydrogens (tertiary/aromatic N) is 1. The second kappa shape index (κ2) is 8.38. The van der Waals surface area contributed by atoms with Crippen molar-refractivity contribution in [3.05, 3.63) is 60.2 Å². The Balaban J connectivity index is 1.63. The Morgan fingerprint density at radius 2 is 1.65 bits per heavy atom. The van der Waals surface area contributed by atoms with E-state index in [1.807, 2.05) is 54.6 Å². The van der Waals surface area contributed by atoms with Crippen LogP contribution in [0.1, 0.15) is 23.2 Å². The van der Waals surface area contributed by atoms with Crippen LogP contribution in [0.2, 0.25) is 0 Å². The van der Waals surface area contributed by atoms with E-state index in [0.717, 1.165) is 24.2 Å². The largest absolute Gasteiger partial charge is 0.453 e. The van der Waals surface area contributed by atoms with E-state index in [1.54, 1.807) is 4.90 Å². The molecule has 0 aromatic heterocycles. The van der Waals surface area contributed by atoms with Gasteiger partial charge in [-0.1, -0.05) is 30.3 Å². The Hall–Kier alpha value is -3.02. The first kappa shape index (κ1) is 17.8. The number of amides is 2. The van der Waals surface area contributed by atoms with Gasteiger partial charge in [-0.3, -0.25) is 4.79 Å². The number of likely N-dealkylation sites (tertiary alicyclic amines) is 1. The van der Waals surface area contributed by atoms with Crippen molar-refractivity contribution in [3.8, 4) is 0 Å². The fourth-order valence-corrected chi connectivity index (χ4v) is 3.07. The number of para-hydroxylation sites is 2. The number of carbonyl (C=O) groups is 2. The lowest BCUT2D eigenvalue weighted by molar-refractivity contribution is 0.0893. The molecular formula is C20H23N3O3. The van der Waals surface area contributed by atoms with Crippen LogP contribution in [-0.2, 0) is 4.74 Å². The number of hydrogen-bond donors (Lipinski definition) is 2. The van der Waals surface area contributed by atoms with Crippen LogP contribution in [0.25, 0.3) is 0 Å². The number of piperidine rings is 1. The number of anilines is 2. The molecule has 2 N–H and O–H groups in total. The van der Waals surface area contributed by atoms with Gasteiger partial charge in [0.2, 0.25) is 0 Å². The zero-order valence-electron chi connectivity index (χ0n) is 14.8. The Bertz CT molecular complexity index is 756. The predicted octanol–water partition coefficient (Wildman–Crippen LogP) is 3.39. The molecule has 1 aliphatic heterocycles. The lowest BCUT2D eigenvalue weighted by Gasteiger charge is -2.31. The van der Waals surface area contributed by atoms with E-state index in [9.17, 15) is 9.59 Å². The van der Waals surface area contributed by atoms with Crippen LogP contribution >= 0.6 is 0 Å². The summed E-state index contributed by atoms with van der Waals surface area (Å²) in [5, 5.41) is 6.37. The van der Waals surface area contributed by atoms with E-state index < -0.39 is 0 Å². The highest BCUT2D eigenvalue weighted by atomic mass is 16.5. The third-order valence-electron chi connectivity index (χ3n) is 4.49. The topological polar surface area (TPSA) is 70.7 Å². The van der Waals surface area contributed by atoms with E-state index in [-0.39, 0.29) is 18.0 Å². The van der Waals surface area contributed by atoms with Gasteiger partial charge in [-0.2, -0.15) is 0 Å². The molecule has 136 valence electrons. The summed E-state index contributed by atoms with van der Waals surface area (Å²) in [6, 6.07) is 17.3. The quantitative estimate of drug-likeness (QED) is 0.884. The molecule has 0 unspecified atom stereocenters. The van der Waals surface area contributed by atoms with Crippen LogP contribution in [0.3, 0.4) is 0 Å². The maximum absolute atomic E-state index is 12.7. The summed E-state index contributed by atoms with van der Waals surface area (Å²) >= 11 is 0. The molecule has 6 nitrogen and oxygen atoms in total. The minimum atomic E-state index is -0.313. The van der Waals surface area contributed by atoms with Gasteiger partial charge < -0.3 is 20.3 Å². The van der Waals surface area contributed by atoms with Gasteiger partial charge in [0.05, 0.1) is 18.4 Å². The van der Waals surface area contributed by atoms with Crippen molar-refractivity contribution < 1.29 is 14.3 Å². The molecule has 2 aromatic carbocycles. The molecule has 0 bridgehead atoms. The van der Waals surface area contributed by atoms with Crippen LogP contribution in [-0.4, -0.2) is 43.1 Å². The molecule has 3 rings (SSSR count). The highest BCUT2D eigenvalue weighted by Crippen LogP contribution is 2.21. The van der Waals surface area contributed by atoms with Crippen molar-refractivity contribution in [2.45, 2.75) is 18.9 Å². The van der Waals surface area contributed by atoms with Crippen LogP contribution < -0.4 is 10.6 Å². The van der Waals surface area contributed by atoms with Gasteiger partial charge >= 0.3 is 6.09 Å². The van der Waals surface area contributed by atoms with Gasteiger partial charge in [-0.25, -0.2) is 4.79 Å². The van der Waals surface area contributed by atoms with Gasteiger partial charge in [0, 0.05) is 24.8 Å². The Kier molecular flexibility index (Phi) is 5.73. The summed E-state index contributed by atoms with van der Waals surface area (Å²) in [6.45, 7) is 1.17. The number of benzene rings is 2. The van der Waals surface area contributed by atoms with E-state index in [0.29, 0.717) is 18.7 Å². The monoisotopic (exact) mass is 353 g/mol. The molecule has 0 aliphatic carbocycles. The number of ether oxygens (including phenoxy) is 1. The number of hydrogen-bond acceptors (Lipinski definition) is 4. The molecule has 6 heteroatoms. The highest BCUT2D eigenvalue weighted by Gasteiger charge is 2.25. The van der Waals surface area contributed by atoms with Gasteiger partial charge in [-0.05, 0) is 37.1 Å². The van der Waals surface area contributed by atoms with Crippen molar-refractivity contribution in [1.82, 2.24) is 10.2 Å². The predicted molar refractivity (Wildman–Crippen MR) is 101 cm³/mol. The maximum atomic E-state index is 12.7. The molecule has 0 atom stereocenters. The van der Waals surface area contributed by atoms with Crippen LogP contribution in [0.5, 0.6) is 0 Å².